The van der Waals surface area contributed by atoms with Gasteiger partial charge in [0.25, 0.3) is 0 Å². The Bertz CT molecular complexity index is 682. The van der Waals surface area contributed by atoms with Crippen molar-refractivity contribution in [3.63, 3.8) is 0 Å². The summed E-state index contributed by atoms with van der Waals surface area (Å²) in [6.45, 7) is 4.76. The van der Waals surface area contributed by atoms with Crippen molar-refractivity contribution in [3.8, 4) is 5.75 Å². The number of rotatable bonds is 6. The maximum absolute atomic E-state index is 11.1. The molecule has 0 atom stereocenters. The van der Waals surface area contributed by atoms with Crippen molar-refractivity contribution < 1.29 is 9.53 Å². The van der Waals surface area contributed by atoms with E-state index in [9.17, 15) is 4.79 Å². The monoisotopic (exact) mass is 338 g/mol. The average molecular weight is 338 g/mol. The summed E-state index contributed by atoms with van der Waals surface area (Å²) < 4.78 is 5.12. The van der Waals surface area contributed by atoms with Crippen molar-refractivity contribution in [2.24, 2.45) is 5.73 Å². The molecule has 131 valence electrons. The lowest BCUT2D eigenvalue weighted by atomic mass is 10.1. The lowest BCUT2D eigenvalue weighted by molar-refractivity contribution is 0.210. The van der Waals surface area contributed by atoms with Crippen molar-refractivity contribution in [3.05, 3.63) is 66.6 Å². The van der Waals surface area contributed by atoms with Gasteiger partial charge in [-0.2, -0.15) is 0 Å². The summed E-state index contributed by atoms with van der Waals surface area (Å²) in [7, 11) is 0. The molecule has 0 saturated carbocycles. The van der Waals surface area contributed by atoms with Gasteiger partial charge in [-0.3, -0.25) is 4.90 Å². The van der Waals surface area contributed by atoms with Crippen LogP contribution in [0.4, 0.5) is 10.5 Å². The molecule has 5 nitrogen and oxygen atoms in total. The van der Waals surface area contributed by atoms with Gasteiger partial charge in [-0.05, 0) is 30.5 Å². The van der Waals surface area contributed by atoms with E-state index in [-0.39, 0.29) is 0 Å². The number of amides is 1. The van der Waals surface area contributed by atoms with Crippen molar-refractivity contribution in [2.45, 2.75) is 6.42 Å². The lowest BCUT2D eigenvalue weighted by Gasteiger charge is -2.36. The van der Waals surface area contributed by atoms with Crippen LogP contribution in [0.5, 0.6) is 5.75 Å². The van der Waals surface area contributed by atoms with Crippen LogP contribution in [0.25, 0.3) is 0 Å². The number of anilines is 1. The Morgan fingerprint density at radius 3 is 2.40 bits per heavy atom. The molecule has 1 aliphatic rings. The highest BCUT2D eigenvalue weighted by atomic mass is 16.5. The molecule has 0 spiro atoms. The molecule has 2 aromatic carbocycles. The fourth-order valence-corrected chi connectivity index (χ4v) is 3.11. The van der Waals surface area contributed by atoms with E-state index >= 15 is 0 Å². The van der Waals surface area contributed by atoms with Crippen LogP contribution >= 0.6 is 0 Å². The summed E-state index contributed by atoms with van der Waals surface area (Å²) in [6.07, 6.45) is 2.55. The van der Waals surface area contributed by atoms with E-state index in [0.29, 0.717) is 5.75 Å². The van der Waals surface area contributed by atoms with Crippen LogP contribution < -0.4 is 15.4 Å². The number of nitrogens with two attached hydrogens (primary N) is 1. The zero-order valence-corrected chi connectivity index (χ0v) is 14.3. The molecule has 1 amide bonds. The molecule has 1 fully saturated rings. The van der Waals surface area contributed by atoms with Crippen LogP contribution in [0.1, 0.15) is 5.56 Å². The van der Waals surface area contributed by atoms with E-state index in [2.05, 4.69) is 40.5 Å². The van der Waals surface area contributed by atoms with Gasteiger partial charge in [-0.1, -0.05) is 42.5 Å². The minimum absolute atomic E-state index is 0.527. The SMILES string of the molecule is NC(=O)Oc1ccccc1N1CCN(C[CH]Cc2ccccc2)CC1. The number of nitrogens with zero attached hydrogens (tertiary/aromatic N) is 2. The number of ether oxygens (including phenoxy) is 1. The van der Waals surface area contributed by atoms with Crippen LogP contribution in [-0.2, 0) is 6.42 Å². The zero-order chi connectivity index (χ0) is 17.5. The number of para-hydroxylation sites is 2. The molecule has 0 aromatic heterocycles. The number of carbonyl (C=O) groups excluding carboxylic acids is 1. The Balaban J connectivity index is 1.48. The molecule has 1 radical (unpaired) electrons. The largest absolute Gasteiger partial charge is 0.410 e. The number of benzene rings is 2. The average Bonchev–Trinajstić information content (AvgIpc) is 2.63. The molecular formula is C20H24N3O2. The van der Waals surface area contributed by atoms with Crippen LogP contribution in [-0.4, -0.2) is 43.7 Å². The molecule has 2 N–H and O–H groups in total. The second kappa shape index (κ2) is 8.53. The third-order valence-electron chi connectivity index (χ3n) is 4.40. The van der Waals surface area contributed by atoms with Gasteiger partial charge in [0, 0.05) is 32.7 Å². The summed E-state index contributed by atoms with van der Waals surface area (Å²) in [5.74, 6) is 0.527. The van der Waals surface area contributed by atoms with Gasteiger partial charge in [0.2, 0.25) is 0 Å². The Morgan fingerprint density at radius 1 is 1.00 bits per heavy atom. The topological polar surface area (TPSA) is 58.8 Å². The second-order valence-corrected chi connectivity index (χ2v) is 6.15. The van der Waals surface area contributed by atoms with Gasteiger partial charge in [0.1, 0.15) is 0 Å². The Morgan fingerprint density at radius 2 is 1.68 bits per heavy atom. The van der Waals surface area contributed by atoms with E-state index in [1.807, 2.05) is 24.3 Å². The third kappa shape index (κ3) is 4.97. The number of carbonyl (C=O) groups is 1. The van der Waals surface area contributed by atoms with E-state index in [4.69, 9.17) is 10.5 Å². The molecule has 1 heterocycles. The normalized spacial score (nSPS) is 15.1. The molecule has 5 heteroatoms. The molecule has 25 heavy (non-hydrogen) atoms. The van der Waals surface area contributed by atoms with E-state index in [1.165, 1.54) is 5.56 Å². The minimum Gasteiger partial charge on any atom is -0.408 e. The first kappa shape index (κ1) is 17.3. The van der Waals surface area contributed by atoms with Crippen LogP contribution in [0.2, 0.25) is 0 Å². The van der Waals surface area contributed by atoms with Crippen LogP contribution in [0.3, 0.4) is 0 Å². The predicted molar refractivity (Wildman–Crippen MR) is 99.8 cm³/mol. The first-order valence-electron chi connectivity index (χ1n) is 8.61. The fraction of sp³-hybridized carbons (Fsp3) is 0.300. The molecule has 0 unspecified atom stereocenters. The number of piperazine rings is 1. The van der Waals surface area contributed by atoms with Gasteiger partial charge in [0.05, 0.1) is 5.69 Å². The summed E-state index contributed by atoms with van der Waals surface area (Å²) in [5, 5.41) is 0. The lowest BCUT2D eigenvalue weighted by Crippen LogP contribution is -2.47. The molecule has 0 bridgehead atoms. The highest BCUT2D eigenvalue weighted by molar-refractivity contribution is 5.72. The van der Waals surface area contributed by atoms with E-state index < -0.39 is 6.09 Å². The van der Waals surface area contributed by atoms with Gasteiger partial charge in [-0.15, -0.1) is 0 Å². The number of hydrogen-bond donors (Lipinski definition) is 1. The Hall–Kier alpha value is -2.53. The summed E-state index contributed by atoms with van der Waals surface area (Å²) >= 11 is 0. The highest BCUT2D eigenvalue weighted by Crippen LogP contribution is 2.28. The quantitative estimate of drug-likeness (QED) is 0.880. The maximum Gasteiger partial charge on any atom is 0.410 e. The highest BCUT2D eigenvalue weighted by Gasteiger charge is 2.20. The zero-order valence-electron chi connectivity index (χ0n) is 14.3. The van der Waals surface area contributed by atoms with Crippen LogP contribution in [0.15, 0.2) is 54.6 Å². The first-order valence-corrected chi connectivity index (χ1v) is 8.61. The molecule has 1 aliphatic heterocycles. The summed E-state index contributed by atoms with van der Waals surface area (Å²) in [6, 6.07) is 18.0. The molecule has 2 aromatic rings. The molecule has 1 saturated heterocycles. The second-order valence-electron chi connectivity index (χ2n) is 6.15. The van der Waals surface area contributed by atoms with E-state index in [0.717, 1.165) is 44.8 Å². The van der Waals surface area contributed by atoms with Gasteiger partial charge >= 0.3 is 6.09 Å². The van der Waals surface area contributed by atoms with Crippen molar-refractivity contribution in [2.75, 3.05) is 37.6 Å². The van der Waals surface area contributed by atoms with Crippen molar-refractivity contribution in [1.29, 1.82) is 0 Å². The van der Waals surface area contributed by atoms with Crippen LogP contribution in [0, 0.1) is 6.42 Å². The first-order chi connectivity index (χ1) is 12.2. The number of hydrogen-bond acceptors (Lipinski definition) is 4. The van der Waals surface area contributed by atoms with Gasteiger partial charge in [-0.25, -0.2) is 4.79 Å². The molecular weight excluding hydrogens is 314 g/mol. The van der Waals surface area contributed by atoms with Gasteiger partial charge in [0.15, 0.2) is 5.75 Å². The third-order valence-corrected chi connectivity index (χ3v) is 4.40. The Kier molecular flexibility index (Phi) is 5.90. The fourth-order valence-electron chi connectivity index (χ4n) is 3.11. The standard InChI is InChI=1S/C20H24N3O2/c21-20(24)25-19-11-5-4-10-18(19)23-15-13-22(14-16-23)12-6-9-17-7-2-1-3-8-17/h1-8,10-11H,9,12-16H2,(H2,21,24). The minimum atomic E-state index is -0.776. The molecule has 0 aliphatic carbocycles. The summed E-state index contributed by atoms with van der Waals surface area (Å²) in [5.41, 5.74) is 7.43. The Labute approximate surface area is 149 Å². The summed E-state index contributed by atoms with van der Waals surface area (Å²) in [4.78, 5) is 15.7. The number of primary amides is 1. The van der Waals surface area contributed by atoms with Crippen molar-refractivity contribution in [1.82, 2.24) is 4.90 Å². The predicted octanol–water partition coefficient (Wildman–Crippen LogP) is 2.71. The van der Waals surface area contributed by atoms with Gasteiger partial charge < -0.3 is 15.4 Å². The van der Waals surface area contributed by atoms with E-state index in [1.54, 1.807) is 6.07 Å². The molecule has 3 rings (SSSR count). The maximum atomic E-state index is 11.1. The van der Waals surface area contributed by atoms with Crippen molar-refractivity contribution >= 4 is 11.8 Å². The smallest absolute Gasteiger partial charge is 0.408 e.